The lowest BCUT2D eigenvalue weighted by atomic mass is 9.99. The van der Waals surface area contributed by atoms with Gasteiger partial charge in [0.25, 0.3) is 0 Å². The fourth-order valence-electron chi connectivity index (χ4n) is 2.77. The van der Waals surface area contributed by atoms with Gasteiger partial charge in [0.2, 0.25) is 0 Å². The van der Waals surface area contributed by atoms with E-state index in [1.54, 1.807) is 0 Å². The summed E-state index contributed by atoms with van der Waals surface area (Å²) in [5.41, 5.74) is 0.513. The summed E-state index contributed by atoms with van der Waals surface area (Å²) in [6.45, 7) is 1.91. The lowest BCUT2D eigenvalue weighted by molar-refractivity contribution is 0.385. The molecule has 2 aliphatic carbocycles. The Bertz CT molecular complexity index is 480. The maximum Gasteiger partial charge on any atom is 0.109 e. The standard InChI is InChI=1S/C13H17ClN4/c1-9-12(14)7-18(17-9)11-4-5-13(6-11,8-15)16-10-2-3-10/h7,10-11,16H,2-6H2,1H3. The van der Waals surface area contributed by atoms with E-state index in [4.69, 9.17) is 11.6 Å². The van der Waals surface area contributed by atoms with Crippen molar-refractivity contribution in [3.63, 3.8) is 0 Å². The molecule has 3 rings (SSSR count). The van der Waals surface area contributed by atoms with Crippen LogP contribution in [0.2, 0.25) is 5.02 Å². The molecule has 2 fully saturated rings. The highest BCUT2D eigenvalue weighted by atomic mass is 35.5. The number of hydrogen-bond acceptors (Lipinski definition) is 3. The van der Waals surface area contributed by atoms with Gasteiger partial charge in [0.15, 0.2) is 0 Å². The first kappa shape index (κ1) is 12.0. The Morgan fingerprint density at radius 3 is 2.89 bits per heavy atom. The predicted molar refractivity (Wildman–Crippen MR) is 69.4 cm³/mol. The van der Waals surface area contributed by atoms with Crippen molar-refractivity contribution >= 4 is 11.6 Å². The number of nitrogens with one attached hydrogen (secondary N) is 1. The van der Waals surface area contributed by atoms with Gasteiger partial charge in [-0.25, -0.2) is 0 Å². The Balaban J connectivity index is 1.75. The van der Waals surface area contributed by atoms with E-state index in [9.17, 15) is 5.26 Å². The van der Waals surface area contributed by atoms with Crippen LogP contribution in [-0.2, 0) is 0 Å². The van der Waals surface area contributed by atoms with Gasteiger partial charge in [-0.2, -0.15) is 10.4 Å². The first-order valence-corrected chi connectivity index (χ1v) is 6.90. The molecule has 1 N–H and O–H groups in total. The van der Waals surface area contributed by atoms with E-state index in [0.29, 0.717) is 17.1 Å². The molecule has 96 valence electrons. The van der Waals surface area contributed by atoms with Crippen LogP contribution in [0.15, 0.2) is 6.20 Å². The van der Waals surface area contributed by atoms with Gasteiger partial charge in [0.1, 0.15) is 5.54 Å². The number of nitriles is 1. The molecule has 0 radical (unpaired) electrons. The third kappa shape index (κ3) is 2.13. The van der Waals surface area contributed by atoms with Crippen molar-refractivity contribution in [2.75, 3.05) is 0 Å². The maximum absolute atomic E-state index is 9.45. The Labute approximate surface area is 112 Å². The van der Waals surface area contributed by atoms with Crippen LogP contribution in [0.3, 0.4) is 0 Å². The highest BCUT2D eigenvalue weighted by Crippen LogP contribution is 2.39. The van der Waals surface area contributed by atoms with Crippen LogP contribution in [0.4, 0.5) is 0 Å². The topological polar surface area (TPSA) is 53.6 Å². The third-order valence-electron chi connectivity index (χ3n) is 3.99. The summed E-state index contributed by atoms with van der Waals surface area (Å²) in [4.78, 5) is 0. The molecule has 1 aromatic rings. The molecule has 2 atom stereocenters. The molecule has 0 aromatic carbocycles. The average Bonchev–Trinajstić information content (AvgIpc) is 2.95. The molecule has 0 saturated heterocycles. The van der Waals surface area contributed by atoms with E-state index >= 15 is 0 Å². The highest BCUT2D eigenvalue weighted by Gasteiger charge is 2.43. The van der Waals surface area contributed by atoms with Crippen LogP contribution in [0.1, 0.15) is 43.8 Å². The molecule has 2 aliphatic rings. The zero-order chi connectivity index (χ0) is 12.8. The highest BCUT2D eigenvalue weighted by molar-refractivity contribution is 6.31. The van der Waals surface area contributed by atoms with E-state index in [1.807, 2.05) is 17.8 Å². The van der Waals surface area contributed by atoms with Gasteiger partial charge in [-0.3, -0.25) is 10.00 Å². The molecule has 0 amide bonds. The van der Waals surface area contributed by atoms with Gasteiger partial charge in [-0.15, -0.1) is 0 Å². The van der Waals surface area contributed by atoms with Crippen LogP contribution in [0.5, 0.6) is 0 Å². The van der Waals surface area contributed by atoms with Crippen molar-refractivity contribution in [2.45, 2.75) is 56.7 Å². The Morgan fingerprint density at radius 2 is 2.33 bits per heavy atom. The number of aryl methyl sites for hydroxylation is 1. The summed E-state index contributed by atoms with van der Waals surface area (Å²) >= 11 is 6.04. The number of hydrogen-bond donors (Lipinski definition) is 1. The smallest absolute Gasteiger partial charge is 0.109 e. The zero-order valence-corrected chi connectivity index (χ0v) is 11.2. The molecular formula is C13H17ClN4. The molecule has 4 nitrogen and oxygen atoms in total. The summed E-state index contributed by atoms with van der Waals surface area (Å²) in [5, 5.41) is 18.1. The van der Waals surface area contributed by atoms with Gasteiger partial charge in [0.05, 0.1) is 22.8 Å². The summed E-state index contributed by atoms with van der Waals surface area (Å²) in [6.07, 6.45) is 7.02. The monoisotopic (exact) mass is 264 g/mol. The molecule has 5 heteroatoms. The van der Waals surface area contributed by atoms with Crippen LogP contribution >= 0.6 is 11.6 Å². The molecule has 2 unspecified atom stereocenters. The van der Waals surface area contributed by atoms with E-state index < -0.39 is 0 Å². The minimum Gasteiger partial charge on any atom is -0.297 e. The minimum atomic E-state index is -0.349. The molecule has 1 aromatic heterocycles. The van der Waals surface area contributed by atoms with Crippen LogP contribution in [-0.4, -0.2) is 21.4 Å². The molecule has 2 saturated carbocycles. The third-order valence-corrected chi connectivity index (χ3v) is 4.36. The first-order valence-electron chi connectivity index (χ1n) is 6.52. The van der Waals surface area contributed by atoms with Gasteiger partial charge in [-0.1, -0.05) is 11.6 Å². The molecule has 18 heavy (non-hydrogen) atoms. The zero-order valence-electron chi connectivity index (χ0n) is 10.5. The normalized spacial score (nSPS) is 31.5. The largest absolute Gasteiger partial charge is 0.297 e. The predicted octanol–water partition coefficient (Wildman–Crippen LogP) is 2.58. The number of halogens is 1. The van der Waals surface area contributed by atoms with Gasteiger partial charge in [-0.05, 0) is 32.6 Å². The SMILES string of the molecule is Cc1nn(C2CCC(C#N)(NC3CC3)C2)cc1Cl. The van der Waals surface area contributed by atoms with Crippen LogP contribution in [0, 0.1) is 18.3 Å². The van der Waals surface area contributed by atoms with E-state index in [-0.39, 0.29) is 5.54 Å². The Hall–Kier alpha value is -1.05. The van der Waals surface area contributed by atoms with Crippen molar-refractivity contribution in [3.8, 4) is 6.07 Å². The fourth-order valence-corrected chi connectivity index (χ4v) is 2.91. The first-order chi connectivity index (χ1) is 8.62. The summed E-state index contributed by atoms with van der Waals surface area (Å²) in [7, 11) is 0. The van der Waals surface area contributed by atoms with Gasteiger partial charge in [0, 0.05) is 18.7 Å². The second-order valence-electron chi connectivity index (χ2n) is 5.55. The van der Waals surface area contributed by atoms with Crippen molar-refractivity contribution in [2.24, 2.45) is 0 Å². The van der Waals surface area contributed by atoms with E-state index in [2.05, 4.69) is 16.5 Å². The second-order valence-corrected chi connectivity index (χ2v) is 5.96. The van der Waals surface area contributed by atoms with Crippen molar-refractivity contribution in [1.82, 2.24) is 15.1 Å². The molecule has 0 bridgehead atoms. The number of nitrogens with zero attached hydrogens (tertiary/aromatic N) is 3. The molecular weight excluding hydrogens is 248 g/mol. The summed E-state index contributed by atoms with van der Waals surface area (Å²) in [6, 6.07) is 3.34. The molecule has 0 spiro atoms. The lowest BCUT2D eigenvalue weighted by Gasteiger charge is -2.22. The van der Waals surface area contributed by atoms with Gasteiger partial charge < -0.3 is 0 Å². The Morgan fingerprint density at radius 1 is 1.56 bits per heavy atom. The number of rotatable bonds is 3. The maximum atomic E-state index is 9.45. The molecule has 1 heterocycles. The quantitative estimate of drug-likeness (QED) is 0.913. The Kier molecular flexibility index (Phi) is 2.84. The second kappa shape index (κ2) is 4.25. The fraction of sp³-hybridized carbons (Fsp3) is 0.692. The van der Waals surface area contributed by atoms with Crippen molar-refractivity contribution < 1.29 is 0 Å². The van der Waals surface area contributed by atoms with Crippen LogP contribution < -0.4 is 5.32 Å². The number of aromatic nitrogens is 2. The minimum absolute atomic E-state index is 0.294. The lowest BCUT2D eigenvalue weighted by Crippen LogP contribution is -2.43. The summed E-state index contributed by atoms with van der Waals surface area (Å²) < 4.78 is 1.94. The van der Waals surface area contributed by atoms with Crippen LogP contribution in [0.25, 0.3) is 0 Å². The summed E-state index contributed by atoms with van der Waals surface area (Å²) in [5.74, 6) is 0. The molecule has 0 aliphatic heterocycles. The van der Waals surface area contributed by atoms with Crippen molar-refractivity contribution in [3.05, 3.63) is 16.9 Å². The van der Waals surface area contributed by atoms with Crippen molar-refractivity contribution in [1.29, 1.82) is 5.26 Å². The van der Waals surface area contributed by atoms with E-state index in [1.165, 1.54) is 12.8 Å². The van der Waals surface area contributed by atoms with E-state index in [0.717, 1.165) is 25.0 Å². The average molecular weight is 265 g/mol. The van der Waals surface area contributed by atoms with Gasteiger partial charge >= 0.3 is 0 Å².